The smallest absolute Gasteiger partial charge is 0.0176 e. The lowest BCUT2D eigenvalue weighted by molar-refractivity contribution is -0.0296. The van der Waals surface area contributed by atoms with Crippen LogP contribution >= 0.6 is 0 Å². The molecule has 0 aliphatic heterocycles. The Labute approximate surface area is 111 Å². The molecule has 9 atom stereocenters. The van der Waals surface area contributed by atoms with Gasteiger partial charge in [-0.25, -0.2) is 0 Å². The molecule has 2 bridgehead atoms. The van der Waals surface area contributed by atoms with Crippen molar-refractivity contribution in [1.82, 2.24) is 0 Å². The predicted molar refractivity (Wildman–Crippen MR) is 71.9 cm³/mol. The van der Waals surface area contributed by atoms with Gasteiger partial charge in [0.1, 0.15) is 0 Å². The molecule has 1 spiro atoms. The fourth-order valence-electron chi connectivity index (χ4n) is 8.93. The lowest BCUT2D eigenvalue weighted by Gasteiger charge is -2.51. The summed E-state index contributed by atoms with van der Waals surface area (Å²) in [6.07, 6.45) is 14.7. The van der Waals surface area contributed by atoms with Crippen LogP contribution in [0.1, 0.15) is 57.8 Å². The van der Waals surface area contributed by atoms with Crippen LogP contribution in [0.2, 0.25) is 0 Å². The Hall–Kier alpha value is 0. The summed E-state index contributed by atoms with van der Waals surface area (Å²) in [4.78, 5) is 0. The highest BCUT2D eigenvalue weighted by molar-refractivity contribution is 5.28. The zero-order valence-corrected chi connectivity index (χ0v) is 11.5. The van der Waals surface area contributed by atoms with E-state index in [1.165, 1.54) is 41.4 Å². The molecule has 0 saturated heterocycles. The van der Waals surface area contributed by atoms with Crippen molar-refractivity contribution in [1.29, 1.82) is 0 Å². The van der Waals surface area contributed by atoms with Gasteiger partial charge in [-0.2, -0.15) is 0 Å². The first-order valence-corrected chi connectivity index (χ1v) is 8.90. The van der Waals surface area contributed by atoms with Crippen LogP contribution in [0.15, 0.2) is 0 Å². The second kappa shape index (κ2) is 2.86. The zero-order chi connectivity index (χ0) is 11.5. The van der Waals surface area contributed by atoms with Crippen molar-refractivity contribution >= 4 is 0 Å². The van der Waals surface area contributed by atoms with Gasteiger partial charge in [-0.15, -0.1) is 0 Å². The highest BCUT2D eigenvalue weighted by Crippen LogP contribution is 2.86. The summed E-state index contributed by atoms with van der Waals surface area (Å²) in [6.45, 7) is 0. The maximum Gasteiger partial charge on any atom is -0.0176 e. The van der Waals surface area contributed by atoms with Gasteiger partial charge in [-0.05, 0) is 91.3 Å². The highest BCUT2D eigenvalue weighted by Gasteiger charge is 2.81. The van der Waals surface area contributed by atoms with E-state index in [4.69, 9.17) is 0 Å². The van der Waals surface area contributed by atoms with Crippen molar-refractivity contribution in [2.24, 2.45) is 52.8 Å². The minimum absolute atomic E-state index is 0.938. The Morgan fingerprint density at radius 1 is 0.722 bits per heavy atom. The fourth-order valence-corrected chi connectivity index (χ4v) is 8.93. The van der Waals surface area contributed by atoms with Crippen molar-refractivity contribution in [3.63, 3.8) is 0 Å². The molecule has 0 heteroatoms. The number of hydrogen-bond donors (Lipinski definition) is 0. The van der Waals surface area contributed by atoms with Crippen LogP contribution in [0.4, 0.5) is 0 Å². The summed E-state index contributed by atoms with van der Waals surface area (Å²) in [6, 6.07) is 0. The van der Waals surface area contributed by atoms with Gasteiger partial charge < -0.3 is 0 Å². The van der Waals surface area contributed by atoms with Crippen molar-refractivity contribution < 1.29 is 0 Å². The van der Waals surface area contributed by atoms with E-state index in [2.05, 4.69) is 0 Å². The monoisotopic (exact) mass is 242 g/mol. The minimum Gasteiger partial charge on any atom is -0.0527 e. The van der Waals surface area contributed by atoms with Gasteiger partial charge in [0.2, 0.25) is 0 Å². The molecule has 6 aliphatic rings. The average Bonchev–Trinajstić information content (AvgIpc) is 2.98. The lowest BCUT2D eigenvalue weighted by Crippen LogP contribution is -2.45. The standard InChI is InChI=1S/C18H26/c1-2-11-8-10-4-6-13-15(7-5-10)18(11)12(3-1)9-14-16(13)17(14)18/h10-17H,1-9H2. The number of fused-ring (bicyclic) bond motifs is 4. The van der Waals surface area contributed by atoms with Gasteiger partial charge >= 0.3 is 0 Å². The molecule has 0 heterocycles. The van der Waals surface area contributed by atoms with Crippen LogP contribution in [-0.4, -0.2) is 0 Å². The van der Waals surface area contributed by atoms with Crippen molar-refractivity contribution in [2.45, 2.75) is 57.8 Å². The van der Waals surface area contributed by atoms with E-state index >= 15 is 0 Å². The molecular weight excluding hydrogens is 216 g/mol. The number of rotatable bonds is 0. The third kappa shape index (κ3) is 0.826. The third-order valence-corrected chi connectivity index (χ3v) is 8.95. The summed E-state index contributed by atoms with van der Waals surface area (Å²) >= 11 is 0. The van der Waals surface area contributed by atoms with E-state index in [0.29, 0.717) is 0 Å². The molecule has 6 fully saturated rings. The van der Waals surface area contributed by atoms with Crippen LogP contribution in [-0.2, 0) is 0 Å². The summed E-state index contributed by atoms with van der Waals surface area (Å²) in [5.41, 5.74) is 0.938. The fraction of sp³-hybridized carbons (Fsp3) is 1.00. The molecule has 18 heavy (non-hydrogen) atoms. The first kappa shape index (κ1) is 9.83. The van der Waals surface area contributed by atoms with Crippen LogP contribution in [0.25, 0.3) is 0 Å². The normalized spacial score (nSPS) is 70.7. The second-order valence-corrected chi connectivity index (χ2v) is 8.85. The van der Waals surface area contributed by atoms with Gasteiger partial charge in [-0.3, -0.25) is 0 Å². The lowest BCUT2D eigenvalue weighted by atomic mass is 9.53. The maximum atomic E-state index is 1.68. The molecule has 0 aromatic carbocycles. The molecule has 9 unspecified atom stereocenters. The molecule has 0 nitrogen and oxygen atoms in total. The zero-order valence-electron chi connectivity index (χ0n) is 11.5. The molecule has 0 amide bonds. The molecule has 0 aromatic heterocycles. The Bertz CT molecular complexity index is 412. The van der Waals surface area contributed by atoms with Gasteiger partial charge in [-0.1, -0.05) is 19.3 Å². The van der Waals surface area contributed by atoms with Gasteiger partial charge in [0.05, 0.1) is 0 Å². The van der Waals surface area contributed by atoms with Crippen LogP contribution in [0.5, 0.6) is 0 Å². The molecule has 98 valence electrons. The Balaban J connectivity index is 1.59. The van der Waals surface area contributed by atoms with E-state index in [1.54, 1.807) is 57.8 Å². The number of hydrogen-bond acceptors (Lipinski definition) is 0. The molecule has 0 aromatic rings. The van der Waals surface area contributed by atoms with E-state index in [-0.39, 0.29) is 0 Å². The summed E-state index contributed by atoms with van der Waals surface area (Å²) in [7, 11) is 0. The van der Waals surface area contributed by atoms with Crippen molar-refractivity contribution in [3.05, 3.63) is 0 Å². The van der Waals surface area contributed by atoms with E-state index in [1.807, 2.05) is 0 Å². The third-order valence-electron chi connectivity index (χ3n) is 8.95. The molecule has 6 saturated carbocycles. The first-order chi connectivity index (χ1) is 8.90. The summed E-state index contributed by atoms with van der Waals surface area (Å²) < 4.78 is 0. The largest absolute Gasteiger partial charge is 0.0527 e. The van der Waals surface area contributed by atoms with Crippen molar-refractivity contribution in [3.8, 4) is 0 Å². The SMILES string of the molecule is C1CC2CC3CCC4C5C6CC(C1)C2(C4CC3)C65. The summed E-state index contributed by atoms with van der Waals surface area (Å²) in [5, 5.41) is 0. The Kier molecular flexibility index (Phi) is 1.56. The topological polar surface area (TPSA) is 0 Å². The molecular formula is C18H26. The minimum atomic E-state index is 0.938. The van der Waals surface area contributed by atoms with Gasteiger partial charge in [0.15, 0.2) is 0 Å². The Morgan fingerprint density at radius 3 is 2.50 bits per heavy atom. The van der Waals surface area contributed by atoms with E-state index < -0.39 is 0 Å². The predicted octanol–water partition coefficient (Wildman–Crippen LogP) is 4.49. The Morgan fingerprint density at radius 2 is 1.56 bits per heavy atom. The van der Waals surface area contributed by atoms with Crippen LogP contribution in [0.3, 0.4) is 0 Å². The van der Waals surface area contributed by atoms with E-state index in [9.17, 15) is 0 Å². The molecule has 0 radical (unpaired) electrons. The van der Waals surface area contributed by atoms with E-state index in [0.717, 1.165) is 11.3 Å². The molecule has 6 rings (SSSR count). The average molecular weight is 242 g/mol. The molecule has 6 aliphatic carbocycles. The molecule has 0 N–H and O–H groups in total. The quantitative estimate of drug-likeness (QED) is 0.587. The summed E-state index contributed by atoms with van der Waals surface area (Å²) in [5.74, 6) is 9.74. The second-order valence-electron chi connectivity index (χ2n) is 8.85. The van der Waals surface area contributed by atoms with Crippen LogP contribution < -0.4 is 0 Å². The van der Waals surface area contributed by atoms with Crippen molar-refractivity contribution in [2.75, 3.05) is 0 Å². The first-order valence-electron chi connectivity index (χ1n) is 8.90. The van der Waals surface area contributed by atoms with Crippen LogP contribution in [0, 0.1) is 52.8 Å². The maximum absolute atomic E-state index is 1.68. The van der Waals surface area contributed by atoms with Gasteiger partial charge in [0, 0.05) is 0 Å². The highest BCUT2D eigenvalue weighted by atomic mass is 14.8. The van der Waals surface area contributed by atoms with Gasteiger partial charge in [0.25, 0.3) is 0 Å².